The van der Waals surface area contributed by atoms with Crippen LogP contribution in [0.5, 0.6) is 11.5 Å². The highest BCUT2D eigenvalue weighted by Crippen LogP contribution is 2.39. The zero-order chi connectivity index (χ0) is 38.3. The fourth-order valence-electron chi connectivity index (χ4n) is 8.58. The molecule has 13 heteroatoms. The summed E-state index contributed by atoms with van der Waals surface area (Å²) in [7, 11) is 0. The summed E-state index contributed by atoms with van der Waals surface area (Å²) < 4.78 is 28.6. The lowest BCUT2D eigenvalue weighted by atomic mass is 10.0. The van der Waals surface area contributed by atoms with E-state index in [-0.39, 0.29) is 59.5 Å². The summed E-state index contributed by atoms with van der Waals surface area (Å²) in [4.78, 5) is 47.7. The lowest BCUT2D eigenvalue weighted by molar-refractivity contribution is -0.133. The van der Waals surface area contributed by atoms with Crippen LogP contribution in [0.25, 0.3) is 10.9 Å². The normalized spacial score (nSPS) is 20.1. The molecule has 0 spiro atoms. The first-order chi connectivity index (χ1) is 25.9. The third-order valence-electron chi connectivity index (χ3n) is 11.2. The van der Waals surface area contributed by atoms with Gasteiger partial charge in [-0.05, 0) is 107 Å². The van der Waals surface area contributed by atoms with Gasteiger partial charge < -0.3 is 34.1 Å². The lowest BCUT2D eigenvalue weighted by Crippen LogP contribution is -2.43. The van der Waals surface area contributed by atoms with E-state index in [9.17, 15) is 24.0 Å². The van der Waals surface area contributed by atoms with Crippen LogP contribution in [0.2, 0.25) is 0 Å². The Labute approximate surface area is 314 Å². The van der Waals surface area contributed by atoms with Gasteiger partial charge in [0.25, 0.3) is 11.5 Å². The summed E-state index contributed by atoms with van der Waals surface area (Å²) in [6.45, 7) is 13.9. The Morgan fingerprint density at radius 3 is 2.61 bits per heavy atom. The number of carbonyl (C=O) groups excluding carboxylic acids is 2. The van der Waals surface area contributed by atoms with E-state index < -0.39 is 5.82 Å². The van der Waals surface area contributed by atoms with Gasteiger partial charge >= 0.3 is 0 Å². The lowest BCUT2D eigenvalue weighted by Gasteiger charge is -2.31. The molecule has 3 saturated heterocycles. The van der Waals surface area contributed by atoms with Crippen molar-refractivity contribution >= 4 is 28.4 Å². The van der Waals surface area contributed by atoms with E-state index in [0.29, 0.717) is 55.6 Å². The highest BCUT2D eigenvalue weighted by molar-refractivity contribution is 5.97. The molecule has 54 heavy (non-hydrogen) atoms. The van der Waals surface area contributed by atoms with Crippen molar-refractivity contribution in [3.8, 4) is 17.6 Å². The number of H-pyrrole nitrogens is 1. The summed E-state index contributed by atoms with van der Waals surface area (Å²) in [5.41, 5.74) is 4.12. The largest absolute Gasteiger partial charge is 0.454 e. The van der Waals surface area contributed by atoms with E-state index in [1.807, 2.05) is 38.3 Å². The minimum Gasteiger partial charge on any atom is -0.454 e. The number of morpholine rings is 1. The van der Waals surface area contributed by atoms with Gasteiger partial charge in [-0.3, -0.25) is 19.3 Å². The number of pyridine rings is 1. The fraction of sp³-hybridized carbons (Fsp3) is 0.463. The second-order valence-corrected chi connectivity index (χ2v) is 15.3. The molecule has 2 aromatic heterocycles. The Balaban J connectivity index is 1.09. The molecule has 4 aromatic rings. The highest BCUT2D eigenvalue weighted by atomic mass is 19.1. The molecule has 0 radical (unpaired) electrons. The maximum absolute atomic E-state index is 14.5. The molecule has 2 amide bonds. The molecule has 3 aliphatic heterocycles. The Bertz CT molecular complexity index is 2150. The Hall–Kier alpha value is -5.19. The molecular formula is C41H48FN7O5. The number of benzene rings is 2. The highest BCUT2D eigenvalue weighted by Gasteiger charge is 2.43. The van der Waals surface area contributed by atoms with Crippen LogP contribution in [0.4, 0.5) is 10.1 Å². The van der Waals surface area contributed by atoms with Crippen molar-refractivity contribution in [3.63, 3.8) is 0 Å². The Morgan fingerprint density at radius 2 is 1.89 bits per heavy atom. The first kappa shape index (κ1) is 37.1. The van der Waals surface area contributed by atoms with Crippen molar-refractivity contribution in [1.82, 2.24) is 24.7 Å². The smallest absolute Gasteiger partial charge is 0.275 e. The van der Waals surface area contributed by atoms with Crippen LogP contribution < -0.4 is 20.5 Å². The molecule has 0 aliphatic carbocycles. The first-order valence-electron chi connectivity index (χ1n) is 18.8. The molecule has 284 valence electrons. The van der Waals surface area contributed by atoms with Crippen LogP contribution in [0, 0.1) is 30.0 Å². The van der Waals surface area contributed by atoms with Crippen LogP contribution in [0.15, 0.2) is 53.5 Å². The summed E-state index contributed by atoms with van der Waals surface area (Å²) >= 11 is 0. The second-order valence-electron chi connectivity index (χ2n) is 15.3. The number of nitrogens with one attached hydrogen (secondary N) is 2. The predicted molar refractivity (Wildman–Crippen MR) is 203 cm³/mol. The van der Waals surface area contributed by atoms with E-state index in [0.717, 1.165) is 36.0 Å². The molecule has 5 heterocycles. The van der Waals surface area contributed by atoms with Gasteiger partial charge in [-0.2, -0.15) is 5.26 Å². The number of fused-ring (bicyclic) bond motifs is 2. The number of nitriles is 1. The summed E-state index contributed by atoms with van der Waals surface area (Å²) in [5, 5.41) is 13.9. The van der Waals surface area contributed by atoms with Crippen LogP contribution in [-0.2, 0) is 22.6 Å². The first-order valence-corrected chi connectivity index (χ1v) is 18.8. The van der Waals surface area contributed by atoms with Gasteiger partial charge in [0.1, 0.15) is 35.6 Å². The summed E-state index contributed by atoms with van der Waals surface area (Å²) in [5.74, 6) is -0.150. The molecule has 7 rings (SSSR count). The van der Waals surface area contributed by atoms with Gasteiger partial charge in [0.15, 0.2) is 5.75 Å². The third kappa shape index (κ3) is 7.20. The number of nitrogens with zero attached hydrogens (tertiary/aromatic N) is 5. The number of anilines is 1. The van der Waals surface area contributed by atoms with Crippen molar-refractivity contribution < 1.29 is 23.5 Å². The molecule has 2 N–H and O–H groups in total. The maximum Gasteiger partial charge on any atom is 0.275 e. The van der Waals surface area contributed by atoms with E-state index in [1.54, 1.807) is 11.0 Å². The SMILES string of the molecule is Cc1c(CN2CCC3CN(c4c(Oc5ccc(F)cc5C(=O)N(C(C)C)C(C)C)cc[nH]c4=O)CC32)ccc2c1cc(C#N)n2CCC1CNC(=O)CO1. The zero-order valence-corrected chi connectivity index (χ0v) is 31.5. The number of halogens is 1. The molecule has 0 bridgehead atoms. The number of amides is 2. The van der Waals surface area contributed by atoms with E-state index in [4.69, 9.17) is 9.47 Å². The fourth-order valence-corrected chi connectivity index (χ4v) is 8.58. The predicted octanol–water partition coefficient (Wildman–Crippen LogP) is 5.32. The van der Waals surface area contributed by atoms with E-state index >= 15 is 0 Å². The average molecular weight is 738 g/mol. The number of likely N-dealkylation sites (tertiary alicyclic amines) is 1. The van der Waals surface area contributed by atoms with Crippen molar-refractivity contribution in [2.75, 3.05) is 37.7 Å². The van der Waals surface area contributed by atoms with Crippen LogP contribution in [0.1, 0.15) is 67.7 Å². The monoisotopic (exact) mass is 737 g/mol. The number of hydrogen-bond acceptors (Lipinski definition) is 8. The Morgan fingerprint density at radius 1 is 1.09 bits per heavy atom. The van der Waals surface area contributed by atoms with Crippen molar-refractivity contribution in [3.05, 3.63) is 87.2 Å². The number of aromatic nitrogens is 2. The van der Waals surface area contributed by atoms with Crippen LogP contribution in [-0.4, -0.2) is 88.2 Å². The van der Waals surface area contributed by atoms with Crippen molar-refractivity contribution in [2.45, 2.75) is 84.8 Å². The number of hydrogen-bond donors (Lipinski definition) is 2. The van der Waals surface area contributed by atoms with Crippen molar-refractivity contribution in [2.24, 2.45) is 5.92 Å². The van der Waals surface area contributed by atoms with Gasteiger partial charge in [-0.1, -0.05) is 6.07 Å². The summed E-state index contributed by atoms with van der Waals surface area (Å²) in [6.07, 6.45) is 3.10. The summed E-state index contributed by atoms with van der Waals surface area (Å²) in [6, 6.07) is 14.1. The van der Waals surface area contributed by atoms with Gasteiger partial charge in [0.05, 0.1) is 11.7 Å². The molecule has 3 atom stereocenters. The molecular weight excluding hydrogens is 689 g/mol. The van der Waals surface area contributed by atoms with E-state index in [2.05, 4.69) is 45.2 Å². The van der Waals surface area contributed by atoms with Gasteiger partial charge in [0, 0.05) is 67.9 Å². The quantitative estimate of drug-likeness (QED) is 0.211. The number of ether oxygens (including phenoxy) is 2. The molecule has 3 fully saturated rings. The molecule has 0 saturated carbocycles. The van der Waals surface area contributed by atoms with Crippen LogP contribution >= 0.6 is 0 Å². The molecule has 2 aromatic carbocycles. The van der Waals surface area contributed by atoms with Gasteiger partial charge in [-0.25, -0.2) is 4.39 Å². The van der Waals surface area contributed by atoms with E-state index in [1.165, 1.54) is 30.0 Å². The number of carbonyl (C=O) groups is 2. The molecule has 12 nitrogen and oxygen atoms in total. The number of aromatic amines is 1. The third-order valence-corrected chi connectivity index (χ3v) is 11.2. The zero-order valence-electron chi connectivity index (χ0n) is 31.5. The molecule has 3 aliphatic rings. The van der Waals surface area contributed by atoms with Crippen molar-refractivity contribution in [1.29, 1.82) is 5.26 Å². The maximum atomic E-state index is 14.5. The average Bonchev–Trinajstić information content (AvgIpc) is 3.83. The standard InChI is InChI=1S/C41H48FN7O5/c1-24(2)49(25(3)4)41(52)33-16-29(42)7-9-36(33)54-37-10-13-44-40(51)39(37)47-21-28-11-14-46(35(28)22-47)20-27-6-8-34-32(26(27)5)17-30(18-43)48(34)15-12-31-19-45-38(50)23-53-31/h6-10,13,16-17,24-25,28,31,35H,11-12,14-15,19-23H2,1-5H3,(H,44,51)(H,45,50). The van der Waals surface area contributed by atoms with Gasteiger partial charge in [-0.15, -0.1) is 0 Å². The molecule has 3 unspecified atom stereocenters. The second kappa shape index (κ2) is 15.3. The number of rotatable bonds is 11. The van der Waals surface area contributed by atoms with Crippen LogP contribution in [0.3, 0.4) is 0 Å². The topological polar surface area (TPSA) is 136 Å². The number of aryl methyl sites for hydroxylation is 2. The minimum atomic E-state index is -0.545. The Kier molecular flexibility index (Phi) is 10.5. The minimum absolute atomic E-state index is 0.0622. The van der Waals surface area contributed by atoms with Gasteiger partial charge in [0.2, 0.25) is 5.91 Å².